The molecule has 1 atom stereocenters. The van der Waals surface area contributed by atoms with E-state index in [4.69, 9.17) is 0 Å². The van der Waals surface area contributed by atoms with Gasteiger partial charge in [-0.3, -0.25) is 0 Å². The third kappa shape index (κ3) is 5.66. The molecule has 96 valence electrons. The van der Waals surface area contributed by atoms with Gasteiger partial charge in [-0.2, -0.15) is 0 Å². The molecular weight excluding hydrogens is 222 g/mol. The van der Waals surface area contributed by atoms with Crippen molar-refractivity contribution >= 4 is 9.84 Å². The first-order chi connectivity index (χ1) is 7.20. The lowest BCUT2D eigenvalue weighted by atomic mass is 10.2. The van der Waals surface area contributed by atoms with E-state index in [1.165, 1.54) is 0 Å². The van der Waals surface area contributed by atoms with Crippen molar-refractivity contribution in [3.05, 3.63) is 12.7 Å². The van der Waals surface area contributed by atoms with Crippen molar-refractivity contribution in [1.82, 2.24) is 5.32 Å². The zero-order chi connectivity index (χ0) is 12.8. The van der Waals surface area contributed by atoms with E-state index < -0.39 is 14.6 Å². The molecule has 0 aliphatic heterocycles. The quantitative estimate of drug-likeness (QED) is 0.701. The highest BCUT2D eigenvalue weighted by atomic mass is 32.2. The van der Waals surface area contributed by atoms with Gasteiger partial charge in [-0.15, -0.1) is 6.58 Å². The largest absolute Gasteiger partial charge is 0.313 e. The summed E-state index contributed by atoms with van der Waals surface area (Å²) in [5.74, 6) is 0.203. The lowest BCUT2D eigenvalue weighted by Gasteiger charge is -2.20. The highest BCUT2D eigenvalue weighted by Crippen LogP contribution is 2.15. The Labute approximate surface area is 100 Å². The highest BCUT2D eigenvalue weighted by Gasteiger charge is 2.28. The highest BCUT2D eigenvalue weighted by molar-refractivity contribution is 7.92. The fraction of sp³-hybridized carbons (Fsp3) is 0.833. The van der Waals surface area contributed by atoms with Crippen LogP contribution in [0.15, 0.2) is 12.7 Å². The van der Waals surface area contributed by atoms with Gasteiger partial charge in [0.25, 0.3) is 0 Å². The van der Waals surface area contributed by atoms with Gasteiger partial charge in [0.2, 0.25) is 0 Å². The van der Waals surface area contributed by atoms with Gasteiger partial charge in [0.15, 0.2) is 9.84 Å². The number of nitrogens with one attached hydrogen (secondary N) is 1. The predicted molar refractivity (Wildman–Crippen MR) is 70.4 cm³/mol. The number of hydrogen-bond donors (Lipinski definition) is 1. The summed E-state index contributed by atoms with van der Waals surface area (Å²) in [6.45, 7) is 11.5. The molecule has 0 fully saturated rings. The van der Waals surface area contributed by atoms with Crippen molar-refractivity contribution in [2.24, 2.45) is 0 Å². The minimum atomic E-state index is -3.00. The van der Waals surface area contributed by atoms with Gasteiger partial charge in [0.1, 0.15) is 0 Å². The number of hydrogen-bond acceptors (Lipinski definition) is 3. The molecule has 0 aliphatic carbocycles. The van der Waals surface area contributed by atoms with Crippen LogP contribution in [0, 0.1) is 0 Å². The second-order valence-corrected chi connectivity index (χ2v) is 8.01. The molecule has 0 heterocycles. The van der Waals surface area contributed by atoms with Gasteiger partial charge in [0, 0.05) is 12.6 Å². The van der Waals surface area contributed by atoms with Crippen LogP contribution in [0.5, 0.6) is 0 Å². The fourth-order valence-corrected chi connectivity index (χ4v) is 2.21. The average molecular weight is 247 g/mol. The van der Waals surface area contributed by atoms with Crippen LogP contribution < -0.4 is 5.32 Å². The number of sulfone groups is 1. The van der Waals surface area contributed by atoms with Gasteiger partial charge in [-0.05, 0) is 40.5 Å². The first-order valence-corrected chi connectivity index (χ1v) is 7.42. The molecule has 0 saturated carbocycles. The molecule has 0 amide bonds. The van der Waals surface area contributed by atoms with Crippen molar-refractivity contribution in [2.45, 2.75) is 51.3 Å². The molecule has 0 saturated heterocycles. The summed E-state index contributed by atoms with van der Waals surface area (Å²) in [5.41, 5.74) is 0. The standard InChI is InChI=1S/C12H25NO2S/c1-6-7-8-11(2)13-9-10-16(14,15)12(3,4)5/h6,11,13H,1,7-10H2,2-5H3. The molecule has 0 rings (SSSR count). The molecule has 16 heavy (non-hydrogen) atoms. The van der Waals surface area contributed by atoms with Crippen molar-refractivity contribution in [3.63, 3.8) is 0 Å². The van der Waals surface area contributed by atoms with Gasteiger partial charge in [-0.1, -0.05) is 6.08 Å². The maximum Gasteiger partial charge on any atom is 0.156 e. The van der Waals surface area contributed by atoms with E-state index in [1.54, 1.807) is 20.8 Å². The van der Waals surface area contributed by atoms with E-state index in [0.717, 1.165) is 12.8 Å². The number of allylic oxidation sites excluding steroid dienone is 1. The van der Waals surface area contributed by atoms with E-state index in [2.05, 4.69) is 18.8 Å². The van der Waals surface area contributed by atoms with E-state index in [1.807, 2.05) is 6.08 Å². The SMILES string of the molecule is C=CCCC(C)NCCS(=O)(=O)C(C)(C)C. The summed E-state index contributed by atoms with van der Waals surface area (Å²) in [5, 5.41) is 3.22. The van der Waals surface area contributed by atoms with Crippen molar-refractivity contribution in [2.75, 3.05) is 12.3 Å². The van der Waals surface area contributed by atoms with Crippen LogP contribution in [0.2, 0.25) is 0 Å². The molecule has 0 aromatic heterocycles. The van der Waals surface area contributed by atoms with E-state index >= 15 is 0 Å². The Balaban J connectivity index is 3.95. The van der Waals surface area contributed by atoms with Gasteiger partial charge < -0.3 is 5.32 Å². The molecule has 0 aromatic carbocycles. The van der Waals surface area contributed by atoms with Crippen LogP contribution in [-0.4, -0.2) is 31.5 Å². The Bertz CT molecular complexity index is 301. The third-order valence-electron chi connectivity index (χ3n) is 2.60. The molecule has 4 heteroatoms. The van der Waals surface area contributed by atoms with Crippen molar-refractivity contribution < 1.29 is 8.42 Å². The maximum atomic E-state index is 11.8. The van der Waals surface area contributed by atoms with Crippen LogP contribution in [-0.2, 0) is 9.84 Å². The van der Waals surface area contributed by atoms with Crippen LogP contribution in [0.25, 0.3) is 0 Å². The fourth-order valence-electron chi connectivity index (χ4n) is 1.22. The van der Waals surface area contributed by atoms with Gasteiger partial charge in [-0.25, -0.2) is 8.42 Å². The predicted octanol–water partition coefficient (Wildman–Crippen LogP) is 2.14. The topological polar surface area (TPSA) is 46.2 Å². The van der Waals surface area contributed by atoms with E-state index in [-0.39, 0.29) is 5.75 Å². The molecule has 0 bridgehead atoms. The van der Waals surface area contributed by atoms with Crippen molar-refractivity contribution in [3.8, 4) is 0 Å². The monoisotopic (exact) mass is 247 g/mol. The molecule has 3 nitrogen and oxygen atoms in total. The summed E-state index contributed by atoms with van der Waals surface area (Å²) >= 11 is 0. The normalized spacial score (nSPS) is 14.8. The van der Waals surface area contributed by atoms with E-state index in [9.17, 15) is 8.42 Å². The molecular formula is C12H25NO2S. The molecule has 0 radical (unpaired) electrons. The van der Waals surface area contributed by atoms with E-state index in [0.29, 0.717) is 12.6 Å². The van der Waals surface area contributed by atoms with Gasteiger partial charge >= 0.3 is 0 Å². The molecule has 1 N–H and O–H groups in total. The van der Waals surface area contributed by atoms with Crippen LogP contribution in [0.4, 0.5) is 0 Å². The van der Waals surface area contributed by atoms with Crippen LogP contribution in [0.1, 0.15) is 40.5 Å². The summed E-state index contributed by atoms with van der Waals surface area (Å²) in [4.78, 5) is 0. The Morgan fingerprint density at radius 2 is 1.94 bits per heavy atom. The molecule has 0 aliphatic rings. The van der Waals surface area contributed by atoms with Crippen molar-refractivity contribution in [1.29, 1.82) is 0 Å². The Kier molecular flexibility index (Phi) is 6.26. The van der Waals surface area contributed by atoms with Crippen LogP contribution in [0.3, 0.4) is 0 Å². The summed E-state index contributed by atoms with van der Waals surface area (Å²) < 4.78 is 22.9. The zero-order valence-corrected chi connectivity index (χ0v) is 11.7. The smallest absolute Gasteiger partial charge is 0.156 e. The third-order valence-corrected chi connectivity index (χ3v) is 5.21. The molecule has 1 unspecified atom stereocenters. The number of rotatable bonds is 7. The maximum absolute atomic E-state index is 11.8. The summed E-state index contributed by atoms with van der Waals surface area (Å²) in [7, 11) is -3.00. The molecule has 0 spiro atoms. The second-order valence-electron chi connectivity index (χ2n) is 5.15. The first kappa shape index (κ1) is 15.7. The lowest BCUT2D eigenvalue weighted by Crippen LogP contribution is -2.37. The minimum Gasteiger partial charge on any atom is -0.313 e. The van der Waals surface area contributed by atoms with Crippen LogP contribution >= 0.6 is 0 Å². The first-order valence-electron chi connectivity index (χ1n) is 5.77. The summed E-state index contributed by atoms with van der Waals surface area (Å²) in [6, 6.07) is 0.341. The Morgan fingerprint density at radius 1 is 1.38 bits per heavy atom. The zero-order valence-electron chi connectivity index (χ0n) is 10.9. The average Bonchev–Trinajstić information content (AvgIpc) is 2.12. The Morgan fingerprint density at radius 3 is 2.38 bits per heavy atom. The molecule has 0 aromatic rings. The minimum absolute atomic E-state index is 0.203. The summed E-state index contributed by atoms with van der Waals surface area (Å²) in [6.07, 6.45) is 3.84. The lowest BCUT2D eigenvalue weighted by molar-refractivity contribution is 0.522. The second kappa shape index (κ2) is 6.40. The van der Waals surface area contributed by atoms with Gasteiger partial charge in [0.05, 0.1) is 10.5 Å². The Hall–Kier alpha value is -0.350.